The molecule has 0 radical (unpaired) electrons. The van der Waals surface area contributed by atoms with E-state index in [2.05, 4.69) is 5.32 Å². The lowest BCUT2D eigenvalue weighted by molar-refractivity contribution is -0.120. The second kappa shape index (κ2) is 7.11. The number of hydrogen-bond acceptors (Lipinski definition) is 4. The fraction of sp³-hybridized carbons (Fsp3) is 0.533. The number of nitrogens with zero attached hydrogens (tertiary/aromatic N) is 1. The molecule has 1 aliphatic rings. The Morgan fingerprint density at radius 3 is 3.05 bits per heavy atom. The molecule has 21 heavy (non-hydrogen) atoms. The zero-order valence-corrected chi connectivity index (χ0v) is 13.2. The Labute approximate surface area is 130 Å². The predicted molar refractivity (Wildman–Crippen MR) is 85.6 cm³/mol. The van der Waals surface area contributed by atoms with Crippen LogP contribution >= 0.6 is 11.6 Å². The molecule has 2 unspecified atom stereocenters. The van der Waals surface area contributed by atoms with Crippen molar-refractivity contribution in [2.24, 2.45) is 0 Å². The van der Waals surface area contributed by atoms with Crippen LogP contribution in [0.5, 0.6) is 0 Å². The van der Waals surface area contributed by atoms with Crippen LogP contribution in [0.2, 0.25) is 5.02 Å². The summed E-state index contributed by atoms with van der Waals surface area (Å²) in [4.78, 5) is 14.3. The number of likely N-dealkylation sites (N-methyl/N-ethyl adjacent to an activating group) is 1. The number of carbonyl (C=O) groups is 1. The number of hydrogen-bond donors (Lipinski definition) is 2. The highest BCUT2D eigenvalue weighted by molar-refractivity contribution is 6.31. The van der Waals surface area contributed by atoms with E-state index in [4.69, 9.17) is 22.1 Å². The molecule has 1 saturated heterocycles. The highest BCUT2D eigenvalue weighted by atomic mass is 35.5. The maximum Gasteiger partial charge on any atom is 0.241 e. The summed E-state index contributed by atoms with van der Waals surface area (Å²) in [6.07, 6.45) is 2.37. The van der Waals surface area contributed by atoms with Gasteiger partial charge in [-0.15, -0.1) is 0 Å². The molecule has 1 amide bonds. The number of rotatable bonds is 5. The number of halogens is 1. The maximum atomic E-state index is 12.3. The van der Waals surface area contributed by atoms with Gasteiger partial charge in [-0.2, -0.15) is 0 Å². The minimum absolute atomic E-state index is 0.107. The summed E-state index contributed by atoms with van der Waals surface area (Å²) in [5.74, 6) is -0.107. The third-order valence-corrected chi connectivity index (χ3v) is 4.06. The summed E-state index contributed by atoms with van der Waals surface area (Å²) >= 11 is 5.92. The number of amides is 1. The first-order chi connectivity index (χ1) is 9.97. The van der Waals surface area contributed by atoms with E-state index in [0.717, 1.165) is 26.0 Å². The molecule has 1 aromatic carbocycles. The predicted octanol–water partition coefficient (Wildman–Crippen LogP) is 2.36. The second-order valence-corrected chi connectivity index (χ2v) is 5.91. The number of anilines is 2. The second-order valence-electron chi connectivity index (χ2n) is 5.47. The number of nitrogen functional groups attached to an aromatic ring is 1. The van der Waals surface area contributed by atoms with Gasteiger partial charge in [0.15, 0.2) is 0 Å². The summed E-state index contributed by atoms with van der Waals surface area (Å²) in [5, 5.41) is 3.37. The van der Waals surface area contributed by atoms with Gasteiger partial charge in [-0.05, 0) is 45.0 Å². The van der Waals surface area contributed by atoms with Gasteiger partial charge in [-0.25, -0.2) is 0 Å². The molecule has 1 fully saturated rings. The van der Waals surface area contributed by atoms with Gasteiger partial charge < -0.3 is 15.8 Å². The van der Waals surface area contributed by atoms with Crippen molar-refractivity contribution < 1.29 is 9.53 Å². The van der Waals surface area contributed by atoms with Crippen LogP contribution in [0.4, 0.5) is 11.4 Å². The molecule has 6 heteroatoms. The van der Waals surface area contributed by atoms with Crippen LogP contribution < -0.4 is 11.1 Å². The third kappa shape index (κ3) is 4.33. The fourth-order valence-electron chi connectivity index (χ4n) is 2.34. The standard InChI is InChI=1S/C15H22ClN3O2/c1-10(19(2)9-12-4-3-7-21-12)15(20)18-14-8-11(16)5-6-13(14)17/h5-6,8,10,12H,3-4,7,9,17H2,1-2H3,(H,18,20). The molecular formula is C15H22ClN3O2. The van der Waals surface area contributed by atoms with Crippen LogP contribution in [0.3, 0.4) is 0 Å². The Hall–Kier alpha value is -1.30. The van der Waals surface area contributed by atoms with Gasteiger partial charge in [-0.1, -0.05) is 11.6 Å². The molecule has 0 aromatic heterocycles. The molecule has 3 N–H and O–H groups in total. The van der Waals surface area contributed by atoms with Crippen LogP contribution in [0.25, 0.3) is 0 Å². The maximum absolute atomic E-state index is 12.3. The van der Waals surface area contributed by atoms with Crippen LogP contribution in [-0.2, 0) is 9.53 Å². The Morgan fingerprint density at radius 2 is 2.38 bits per heavy atom. The average molecular weight is 312 g/mol. The first kappa shape index (κ1) is 16.1. The van der Waals surface area contributed by atoms with E-state index in [9.17, 15) is 4.79 Å². The van der Waals surface area contributed by atoms with Crippen molar-refractivity contribution in [3.63, 3.8) is 0 Å². The molecule has 0 saturated carbocycles. The van der Waals surface area contributed by atoms with Crippen molar-refractivity contribution in [2.45, 2.75) is 31.9 Å². The Bertz CT molecular complexity index is 504. The zero-order chi connectivity index (χ0) is 15.4. The lowest BCUT2D eigenvalue weighted by Crippen LogP contribution is -2.43. The summed E-state index contributed by atoms with van der Waals surface area (Å²) in [6.45, 7) is 3.43. The monoisotopic (exact) mass is 311 g/mol. The highest BCUT2D eigenvalue weighted by Gasteiger charge is 2.24. The normalized spacial score (nSPS) is 19.7. The topological polar surface area (TPSA) is 67.6 Å². The first-order valence-corrected chi connectivity index (χ1v) is 7.53. The van der Waals surface area contributed by atoms with Crippen molar-refractivity contribution in [2.75, 3.05) is 31.2 Å². The van der Waals surface area contributed by atoms with Crippen LogP contribution in [0.1, 0.15) is 19.8 Å². The summed E-state index contributed by atoms with van der Waals surface area (Å²) in [6, 6.07) is 4.76. The minimum Gasteiger partial charge on any atom is -0.397 e. The van der Waals surface area contributed by atoms with Gasteiger partial charge in [0.05, 0.1) is 23.5 Å². The van der Waals surface area contributed by atoms with E-state index in [1.54, 1.807) is 18.2 Å². The summed E-state index contributed by atoms with van der Waals surface area (Å²) in [5.41, 5.74) is 6.89. The van der Waals surface area contributed by atoms with Crippen molar-refractivity contribution in [3.05, 3.63) is 23.2 Å². The molecule has 1 heterocycles. The number of carbonyl (C=O) groups excluding carboxylic acids is 1. The molecule has 1 aromatic rings. The SMILES string of the molecule is CC(C(=O)Nc1cc(Cl)ccc1N)N(C)CC1CCCO1. The summed E-state index contributed by atoms with van der Waals surface area (Å²) in [7, 11) is 1.92. The zero-order valence-electron chi connectivity index (χ0n) is 12.4. The Morgan fingerprint density at radius 1 is 1.62 bits per heavy atom. The molecule has 2 rings (SSSR count). The fourth-order valence-corrected chi connectivity index (χ4v) is 2.51. The van der Waals surface area contributed by atoms with Crippen molar-refractivity contribution >= 4 is 28.9 Å². The van der Waals surface area contributed by atoms with Gasteiger partial charge in [0, 0.05) is 18.2 Å². The smallest absolute Gasteiger partial charge is 0.241 e. The van der Waals surface area contributed by atoms with Crippen molar-refractivity contribution in [1.29, 1.82) is 0 Å². The van der Waals surface area contributed by atoms with Crippen molar-refractivity contribution in [1.82, 2.24) is 4.90 Å². The highest BCUT2D eigenvalue weighted by Crippen LogP contribution is 2.23. The number of benzene rings is 1. The van der Waals surface area contributed by atoms with E-state index >= 15 is 0 Å². The van der Waals surface area contributed by atoms with E-state index in [0.29, 0.717) is 16.4 Å². The number of ether oxygens (including phenoxy) is 1. The Balaban J connectivity index is 1.93. The van der Waals surface area contributed by atoms with E-state index in [1.165, 1.54) is 0 Å². The molecule has 0 spiro atoms. The van der Waals surface area contributed by atoms with Gasteiger partial charge in [0.1, 0.15) is 0 Å². The molecule has 5 nitrogen and oxygen atoms in total. The third-order valence-electron chi connectivity index (χ3n) is 3.83. The molecule has 116 valence electrons. The lowest BCUT2D eigenvalue weighted by Gasteiger charge is -2.26. The van der Waals surface area contributed by atoms with Crippen molar-refractivity contribution in [3.8, 4) is 0 Å². The molecule has 1 aliphatic heterocycles. The average Bonchev–Trinajstić information content (AvgIpc) is 2.94. The molecule has 0 bridgehead atoms. The molecule has 2 atom stereocenters. The molecule has 0 aliphatic carbocycles. The van der Waals surface area contributed by atoms with Crippen LogP contribution in [0.15, 0.2) is 18.2 Å². The largest absolute Gasteiger partial charge is 0.397 e. The van der Waals surface area contributed by atoms with E-state index in [-0.39, 0.29) is 18.1 Å². The summed E-state index contributed by atoms with van der Waals surface area (Å²) < 4.78 is 5.60. The first-order valence-electron chi connectivity index (χ1n) is 7.15. The van der Waals surface area contributed by atoms with Crippen LogP contribution in [-0.4, -0.2) is 43.2 Å². The van der Waals surface area contributed by atoms with E-state index in [1.807, 2.05) is 18.9 Å². The van der Waals surface area contributed by atoms with Gasteiger partial charge in [0.2, 0.25) is 5.91 Å². The Kier molecular flexibility index (Phi) is 5.45. The number of nitrogens with two attached hydrogens (primary N) is 1. The quantitative estimate of drug-likeness (QED) is 0.819. The molecular weight excluding hydrogens is 290 g/mol. The van der Waals surface area contributed by atoms with Gasteiger partial charge in [-0.3, -0.25) is 9.69 Å². The van der Waals surface area contributed by atoms with Gasteiger partial charge >= 0.3 is 0 Å². The number of nitrogens with one attached hydrogen (secondary N) is 1. The minimum atomic E-state index is -0.271. The lowest BCUT2D eigenvalue weighted by atomic mass is 10.2. The van der Waals surface area contributed by atoms with E-state index < -0.39 is 0 Å². The van der Waals surface area contributed by atoms with Gasteiger partial charge in [0.25, 0.3) is 0 Å². The van der Waals surface area contributed by atoms with Crippen LogP contribution in [0, 0.1) is 0 Å².